The first-order valence-corrected chi connectivity index (χ1v) is 7.29. The van der Waals surface area contributed by atoms with Crippen LogP contribution in [0.1, 0.15) is 5.56 Å². The summed E-state index contributed by atoms with van der Waals surface area (Å²) in [4.78, 5) is 16.7. The number of aryl methyl sites for hydroxylation is 1. The molecule has 6 nitrogen and oxygen atoms in total. The van der Waals surface area contributed by atoms with Crippen LogP contribution in [0.2, 0.25) is 0 Å². The maximum atomic E-state index is 12.4. The average molecular weight is 304 g/mol. The molecule has 0 radical (unpaired) electrons. The summed E-state index contributed by atoms with van der Waals surface area (Å²) in [5.41, 5.74) is 1.39. The van der Waals surface area contributed by atoms with E-state index in [1.54, 1.807) is 0 Å². The van der Waals surface area contributed by atoms with Crippen LogP contribution in [0.4, 0.5) is 5.69 Å². The molecule has 1 saturated heterocycles. The van der Waals surface area contributed by atoms with Gasteiger partial charge >= 0.3 is 5.63 Å². The van der Waals surface area contributed by atoms with Crippen LogP contribution in [0, 0.1) is 6.92 Å². The Morgan fingerprint density at radius 2 is 1.91 bits per heavy atom. The molecule has 0 unspecified atom stereocenters. The fourth-order valence-electron chi connectivity index (χ4n) is 3.00. The van der Waals surface area contributed by atoms with Gasteiger partial charge in [-0.15, -0.1) is 0 Å². The zero-order valence-corrected chi connectivity index (χ0v) is 13.0. The second kappa shape index (κ2) is 5.53. The number of likely N-dealkylation sites (N-methyl/N-ethyl adjacent to an activating group) is 1. The molecule has 22 heavy (non-hydrogen) atoms. The number of benzene rings is 1. The number of aromatic hydroxyl groups is 1. The van der Waals surface area contributed by atoms with Crippen LogP contribution in [0.15, 0.2) is 21.3 Å². The quantitative estimate of drug-likeness (QED) is 0.850. The van der Waals surface area contributed by atoms with Crippen molar-refractivity contribution in [2.45, 2.75) is 6.92 Å². The molecule has 1 aromatic carbocycles. The van der Waals surface area contributed by atoms with Crippen LogP contribution in [0.5, 0.6) is 11.5 Å². The van der Waals surface area contributed by atoms with Gasteiger partial charge in [0, 0.05) is 38.3 Å². The molecule has 0 saturated carbocycles. The van der Waals surface area contributed by atoms with Gasteiger partial charge in [-0.1, -0.05) is 0 Å². The predicted octanol–water partition coefficient (Wildman–Crippen LogP) is 1.57. The van der Waals surface area contributed by atoms with Crippen LogP contribution in [0.3, 0.4) is 0 Å². The van der Waals surface area contributed by atoms with Crippen molar-refractivity contribution in [1.82, 2.24) is 4.90 Å². The summed E-state index contributed by atoms with van der Waals surface area (Å²) in [5.74, 6) is 0.519. The Hall–Kier alpha value is -2.21. The zero-order valence-electron chi connectivity index (χ0n) is 13.0. The highest BCUT2D eigenvalue weighted by atomic mass is 16.5. The molecule has 1 aliphatic rings. The highest BCUT2D eigenvalue weighted by molar-refractivity contribution is 5.91. The predicted molar refractivity (Wildman–Crippen MR) is 85.1 cm³/mol. The van der Waals surface area contributed by atoms with Gasteiger partial charge in [0.05, 0.1) is 12.5 Å². The third-order valence-corrected chi connectivity index (χ3v) is 4.22. The summed E-state index contributed by atoms with van der Waals surface area (Å²) >= 11 is 0. The van der Waals surface area contributed by atoms with Crippen molar-refractivity contribution < 1.29 is 14.3 Å². The van der Waals surface area contributed by atoms with Crippen LogP contribution in [-0.4, -0.2) is 50.3 Å². The lowest BCUT2D eigenvalue weighted by Gasteiger charge is -2.34. The van der Waals surface area contributed by atoms with E-state index in [1.165, 1.54) is 19.2 Å². The molecule has 0 amide bonds. The van der Waals surface area contributed by atoms with Gasteiger partial charge in [-0.2, -0.15) is 0 Å². The standard InChI is InChI=1S/C16H20N2O4/c1-10-14-12(21-3)8-11(19)9-13(14)22-16(20)15(10)18-6-4-17(2)5-7-18/h8-9,19H,4-7H2,1-3H3. The maximum Gasteiger partial charge on any atom is 0.360 e. The molecular formula is C16H20N2O4. The number of ether oxygens (including phenoxy) is 1. The number of piperazine rings is 1. The SMILES string of the molecule is COc1cc(O)cc2oc(=O)c(N3CCN(C)CC3)c(C)c12. The number of methoxy groups -OCH3 is 1. The number of phenols is 1. The molecule has 0 atom stereocenters. The van der Waals surface area contributed by atoms with E-state index in [9.17, 15) is 9.90 Å². The Morgan fingerprint density at radius 1 is 1.23 bits per heavy atom. The fourth-order valence-corrected chi connectivity index (χ4v) is 3.00. The smallest absolute Gasteiger partial charge is 0.360 e. The Kier molecular flexibility index (Phi) is 3.70. The Balaban J connectivity index is 2.19. The summed E-state index contributed by atoms with van der Waals surface area (Å²) < 4.78 is 10.8. The van der Waals surface area contributed by atoms with Gasteiger partial charge in [-0.25, -0.2) is 4.79 Å². The summed E-state index contributed by atoms with van der Waals surface area (Å²) in [6.07, 6.45) is 0. The molecule has 1 fully saturated rings. The minimum Gasteiger partial charge on any atom is -0.508 e. The lowest BCUT2D eigenvalue weighted by molar-refractivity contribution is 0.311. The number of phenolic OH excluding ortho intramolecular Hbond substituents is 1. The topological polar surface area (TPSA) is 66.2 Å². The number of anilines is 1. The van der Waals surface area contributed by atoms with Crippen molar-refractivity contribution in [3.05, 3.63) is 28.1 Å². The van der Waals surface area contributed by atoms with Crippen LogP contribution in [0.25, 0.3) is 11.0 Å². The molecular weight excluding hydrogens is 284 g/mol. The van der Waals surface area contributed by atoms with Gasteiger partial charge in [0.2, 0.25) is 0 Å². The molecule has 6 heteroatoms. The zero-order chi connectivity index (χ0) is 15.9. The van der Waals surface area contributed by atoms with E-state index in [2.05, 4.69) is 16.8 Å². The van der Waals surface area contributed by atoms with Gasteiger partial charge in [0.1, 0.15) is 22.8 Å². The van der Waals surface area contributed by atoms with Crippen LogP contribution >= 0.6 is 0 Å². The maximum absolute atomic E-state index is 12.4. The molecule has 1 aliphatic heterocycles. The molecule has 2 heterocycles. The normalized spacial score (nSPS) is 16.2. The van der Waals surface area contributed by atoms with Crippen molar-refractivity contribution in [3.8, 4) is 11.5 Å². The largest absolute Gasteiger partial charge is 0.508 e. The van der Waals surface area contributed by atoms with Gasteiger partial charge in [0.25, 0.3) is 0 Å². The van der Waals surface area contributed by atoms with E-state index >= 15 is 0 Å². The summed E-state index contributed by atoms with van der Waals surface area (Å²) in [5, 5.41) is 10.4. The first-order valence-electron chi connectivity index (χ1n) is 7.29. The second-order valence-corrected chi connectivity index (χ2v) is 5.67. The molecule has 1 aromatic heterocycles. The average Bonchev–Trinajstić information content (AvgIpc) is 2.47. The number of hydrogen-bond acceptors (Lipinski definition) is 6. The number of fused-ring (bicyclic) bond motifs is 1. The van der Waals surface area contributed by atoms with E-state index in [0.717, 1.165) is 37.1 Å². The van der Waals surface area contributed by atoms with E-state index in [-0.39, 0.29) is 11.4 Å². The van der Waals surface area contributed by atoms with Crippen LogP contribution < -0.4 is 15.3 Å². The van der Waals surface area contributed by atoms with E-state index in [1.807, 2.05) is 6.92 Å². The number of rotatable bonds is 2. The lowest BCUT2D eigenvalue weighted by atomic mass is 10.1. The minimum atomic E-state index is -0.373. The molecule has 3 rings (SSSR count). The van der Waals surface area contributed by atoms with E-state index < -0.39 is 0 Å². The highest BCUT2D eigenvalue weighted by Crippen LogP contribution is 2.35. The number of nitrogens with zero attached hydrogens (tertiary/aromatic N) is 2. The molecule has 0 spiro atoms. The third-order valence-electron chi connectivity index (χ3n) is 4.22. The van der Waals surface area contributed by atoms with Crippen molar-refractivity contribution in [2.24, 2.45) is 0 Å². The van der Waals surface area contributed by atoms with Crippen molar-refractivity contribution in [2.75, 3.05) is 45.2 Å². The molecule has 0 bridgehead atoms. The number of hydrogen-bond donors (Lipinski definition) is 1. The second-order valence-electron chi connectivity index (χ2n) is 5.67. The van der Waals surface area contributed by atoms with Crippen molar-refractivity contribution >= 4 is 16.7 Å². The first kappa shape index (κ1) is 14.7. The Labute approximate surface area is 128 Å². The molecule has 118 valence electrons. The van der Waals surface area contributed by atoms with E-state index in [4.69, 9.17) is 9.15 Å². The summed E-state index contributed by atoms with van der Waals surface area (Å²) in [6, 6.07) is 2.98. The van der Waals surface area contributed by atoms with Crippen LogP contribution in [-0.2, 0) is 0 Å². The van der Waals surface area contributed by atoms with E-state index in [0.29, 0.717) is 17.0 Å². The highest BCUT2D eigenvalue weighted by Gasteiger charge is 2.23. The minimum absolute atomic E-state index is 0.0132. The Bertz CT molecular complexity index is 761. The molecule has 2 aromatic rings. The molecule has 1 N–H and O–H groups in total. The lowest BCUT2D eigenvalue weighted by Crippen LogP contribution is -2.46. The van der Waals surface area contributed by atoms with Gasteiger partial charge in [-0.3, -0.25) is 0 Å². The first-order chi connectivity index (χ1) is 10.5. The summed E-state index contributed by atoms with van der Waals surface area (Å²) in [6.45, 7) is 5.28. The fraction of sp³-hybridized carbons (Fsp3) is 0.438. The van der Waals surface area contributed by atoms with Gasteiger partial charge in [-0.05, 0) is 19.5 Å². The molecule has 0 aliphatic carbocycles. The summed E-state index contributed by atoms with van der Waals surface area (Å²) in [7, 11) is 3.60. The van der Waals surface area contributed by atoms with Gasteiger partial charge in [0.15, 0.2) is 0 Å². The van der Waals surface area contributed by atoms with Gasteiger partial charge < -0.3 is 24.1 Å². The van der Waals surface area contributed by atoms with Crippen molar-refractivity contribution in [3.63, 3.8) is 0 Å². The van der Waals surface area contributed by atoms with Crippen molar-refractivity contribution in [1.29, 1.82) is 0 Å². The third kappa shape index (κ3) is 2.39. The Morgan fingerprint density at radius 3 is 2.55 bits per heavy atom. The monoisotopic (exact) mass is 304 g/mol.